The summed E-state index contributed by atoms with van der Waals surface area (Å²) in [6.45, 7) is 3.64. The van der Waals surface area contributed by atoms with Gasteiger partial charge in [0.15, 0.2) is 5.69 Å². The van der Waals surface area contributed by atoms with E-state index in [1.807, 2.05) is 41.3 Å². The van der Waals surface area contributed by atoms with Crippen molar-refractivity contribution in [2.45, 2.75) is 18.5 Å². The number of para-hydroxylation sites is 1. The molecule has 2 aromatic carbocycles. The number of carbonyl (C=O) groups is 2. The van der Waals surface area contributed by atoms with Crippen LogP contribution in [-0.4, -0.2) is 96.2 Å². The van der Waals surface area contributed by atoms with E-state index >= 15 is 0 Å². The quantitative estimate of drug-likeness (QED) is 0.397. The van der Waals surface area contributed by atoms with Crippen molar-refractivity contribution < 1.29 is 23.5 Å². The fourth-order valence-electron chi connectivity index (χ4n) is 5.35. The Kier molecular flexibility index (Phi) is 8.40. The van der Waals surface area contributed by atoms with Gasteiger partial charge in [0.2, 0.25) is 5.91 Å². The molecule has 2 saturated heterocycles. The molecular formula is C29H33FN6O4. The molecule has 3 aromatic rings. The zero-order chi connectivity index (χ0) is 28.1. The van der Waals surface area contributed by atoms with Gasteiger partial charge in [-0.15, -0.1) is 5.10 Å². The van der Waals surface area contributed by atoms with Crippen LogP contribution >= 0.6 is 0 Å². The normalized spacial score (nSPS) is 19.8. The number of hydrogen-bond acceptors (Lipinski definition) is 8. The van der Waals surface area contributed by atoms with Crippen molar-refractivity contribution >= 4 is 23.6 Å². The number of esters is 1. The number of anilines is 1. The minimum atomic E-state index is -0.549. The van der Waals surface area contributed by atoms with Gasteiger partial charge in [-0.25, -0.2) is 13.9 Å². The highest BCUT2D eigenvalue weighted by Gasteiger charge is 2.40. The molecule has 5 rings (SSSR count). The van der Waals surface area contributed by atoms with Gasteiger partial charge in [-0.3, -0.25) is 9.69 Å². The molecule has 0 radical (unpaired) electrons. The Labute approximate surface area is 232 Å². The summed E-state index contributed by atoms with van der Waals surface area (Å²) in [7, 11) is 2.94. The summed E-state index contributed by atoms with van der Waals surface area (Å²) in [6.07, 6.45) is 6.16. The summed E-state index contributed by atoms with van der Waals surface area (Å²) in [6, 6.07) is 13.7. The molecule has 0 N–H and O–H groups in total. The molecule has 0 aliphatic carbocycles. The maximum absolute atomic E-state index is 13.8. The average Bonchev–Trinajstić information content (AvgIpc) is 3.65. The first-order valence-electron chi connectivity index (χ1n) is 13.3. The number of hydrogen-bond donors (Lipinski definition) is 0. The summed E-state index contributed by atoms with van der Waals surface area (Å²) in [5.74, 6) is 0.0368. The number of likely N-dealkylation sites (tertiary alicyclic amines) is 1. The van der Waals surface area contributed by atoms with Gasteiger partial charge in [0, 0.05) is 50.5 Å². The average molecular weight is 549 g/mol. The van der Waals surface area contributed by atoms with Crippen molar-refractivity contribution in [1.29, 1.82) is 0 Å². The molecule has 3 heterocycles. The Morgan fingerprint density at radius 1 is 1.05 bits per heavy atom. The molecule has 2 atom stereocenters. The van der Waals surface area contributed by atoms with Crippen LogP contribution in [0, 0.1) is 5.82 Å². The number of rotatable bonds is 8. The first kappa shape index (κ1) is 27.3. The molecule has 0 saturated carbocycles. The molecule has 40 heavy (non-hydrogen) atoms. The van der Waals surface area contributed by atoms with E-state index in [0.717, 1.165) is 17.0 Å². The number of halogens is 1. The summed E-state index contributed by atoms with van der Waals surface area (Å²) >= 11 is 0. The molecule has 2 fully saturated rings. The van der Waals surface area contributed by atoms with Crippen molar-refractivity contribution in [3.05, 3.63) is 77.9 Å². The van der Waals surface area contributed by atoms with E-state index in [2.05, 4.69) is 20.1 Å². The SMILES string of the molecule is COC(=O)c1cn([C@@H]2C[C@@H](C(=O)N3CCN(c4ccc(F)cc4)CC3)N(CC=Cc3ccccc3OC)C2)nn1. The van der Waals surface area contributed by atoms with Crippen LogP contribution in [0.4, 0.5) is 10.1 Å². The predicted octanol–water partition coefficient (Wildman–Crippen LogP) is 2.89. The topological polar surface area (TPSA) is 93.0 Å². The monoisotopic (exact) mass is 548 g/mol. The third-order valence-corrected chi connectivity index (χ3v) is 7.50. The van der Waals surface area contributed by atoms with Crippen LogP contribution in [0.1, 0.15) is 28.5 Å². The molecule has 1 aromatic heterocycles. The second-order valence-corrected chi connectivity index (χ2v) is 9.87. The van der Waals surface area contributed by atoms with Crippen LogP contribution < -0.4 is 9.64 Å². The number of aromatic nitrogens is 3. The van der Waals surface area contributed by atoms with Gasteiger partial charge < -0.3 is 19.3 Å². The molecule has 0 spiro atoms. The first-order valence-corrected chi connectivity index (χ1v) is 13.3. The highest BCUT2D eigenvalue weighted by atomic mass is 19.1. The molecule has 210 valence electrons. The summed E-state index contributed by atoms with van der Waals surface area (Å²) < 4.78 is 25.2. The number of carbonyl (C=O) groups excluding carboxylic acids is 2. The van der Waals surface area contributed by atoms with E-state index < -0.39 is 5.97 Å². The minimum absolute atomic E-state index is 0.0697. The number of nitrogens with zero attached hydrogens (tertiary/aromatic N) is 6. The van der Waals surface area contributed by atoms with Gasteiger partial charge in [-0.05, 0) is 36.8 Å². The summed E-state index contributed by atoms with van der Waals surface area (Å²) in [4.78, 5) is 31.9. The van der Waals surface area contributed by atoms with E-state index in [0.29, 0.717) is 45.7 Å². The molecule has 2 aliphatic rings. The second kappa shape index (κ2) is 12.3. The fourth-order valence-corrected chi connectivity index (χ4v) is 5.35. The Morgan fingerprint density at radius 2 is 1.80 bits per heavy atom. The van der Waals surface area contributed by atoms with Crippen LogP contribution in [0.3, 0.4) is 0 Å². The fraction of sp³-hybridized carbons (Fsp3) is 0.379. The van der Waals surface area contributed by atoms with Crippen molar-refractivity contribution in [1.82, 2.24) is 24.8 Å². The van der Waals surface area contributed by atoms with Gasteiger partial charge in [0.1, 0.15) is 11.6 Å². The Balaban J connectivity index is 1.29. The van der Waals surface area contributed by atoms with Crippen molar-refractivity contribution in [3.63, 3.8) is 0 Å². The zero-order valence-electron chi connectivity index (χ0n) is 22.6. The Bertz CT molecular complexity index is 1350. The molecule has 11 heteroatoms. The Morgan fingerprint density at radius 3 is 2.52 bits per heavy atom. The van der Waals surface area contributed by atoms with E-state index in [9.17, 15) is 14.0 Å². The smallest absolute Gasteiger partial charge is 0.360 e. The third kappa shape index (κ3) is 5.99. The van der Waals surface area contributed by atoms with Crippen molar-refractivity contribution in [3.8, 4) is 5.75 Å². The van der Waals surface area contributed by atoms with Crippen molar-refractivity contribution in [2.24, 2.45) is 0 Å². The highest BCUT2D eigenvalue weighted by molar-refractivity contribution is 5.86. The lowest BCUT2D eigenvalue weighted by molar-refractivity contribution is -0.136. The Hall–Kier alpha value is -4.25. The molecule has 0 unspecified atom stereocenters. The predicted molar refractivity (Wildman–Crippen MR) is 148 cm³/mol. The first-order chi connectivity index (χ1) is 19.5. The van der Waals surface area contributed by atoms with Gasteiger partial charge in [0.25, 0.3) is 0 Å². The zero-order valence-corrected chi connectivity index (χ0v) is 22.6. The van der Waals surface area contributed by atoms with Crippen LogP contribution in [0.5, 0.6) is 5.75 Å². The minimum Gasteiger partial charge on any atom is -0.496 e. The van der Waals surface area contributed by atoms with E-state index in [1.165, 1.54) is 19.2 Å². The van der Waals surface area contributed by atoms with Crippen LogP contribution in [0.15, 0.2) is 60.8 Å². The number of piperazine rings is 1. The maximum atomic E-state index is 13.8. The van der Waals surface area contributed by atoms with Crippen LogP contribution in [0.25, 0.3) is 6.08 Å². The largest absolute Gasteiger partial charge is 0.496 e. The van der Waals surface area contributed by atoms with Crippen LogP contribution in [-0.2, 0) is 9.53 Å². The second-order valence-electron chi connectivity index (χ2n) is 9.87. The van der Waals surface area contributed by atoms with Gasteiger partial charge in [-0.1, -0.05) is 35.6 Å². The lowest BCUT2D eigenvalue weighted by atomic mass is 10.1. The third-order valence-electron chi connectivity index (χ3n) is 7.50. The molecule has 1 amide bonds. The lowest BCUT2D eigenvalue weighted by Crippen LogP contribution is -2.53. The van der Waals surface area contributed by atoms with Gasteiger partial charge >= 0.3 is 5.97 Å². The number of ether oxygens (including phenoxy) is 2. The van der Waals surface area contributed by atoms with E-state index in [1.54, 1.807) is 30.1 Å². The standard InChI is InChI=1S/C29H33FN6O4/c1-39-27-8-4-3-6-21(27)7-5-13-35-19-24(36-20-25(31-32-36)29(38)40-2)18-26(35)28(37)34-16-14-33(15-17-34)23-11-9-22(30)10-12-23/h3-12,20,24,26H,13-19H2,1-2H3/t24-,26+/m1/s1. The van der Waals surface area contributed by atoms with Crippen molar-refractivity contribution in [2.75, 3.05) is 58.4 Å². The molecule has 0 bridgehead atoms. The number of benzene rings is 2. The molecule has 10 nitrogen and oxygen atoms in total. The number of methoxy groups -OCH3 is 2. The molecule has 2 aliphatic heterocycles. The van der Waals surface area contributed by atoms with Gasteiger partial charge in [-0.2, -0.15) is 0 Å². The van der Waals surface area contributed by atoms with E-state index in [-0.39, 0.29) is 29.5 Å². The lowest BCUT2D eigenvalue weighted by Gasteiger charge is -2.38. The van der Waals surface area contributed by atoms with E-state index in [4.69, 9.17) is 9.47 Å². The molecular weight excluding hydrogens is 515 g/mol. The van der Waals surface area contributed by atoms with Gasteiger partial charge in [0.05, 0.1) is 32.5 Å². The summed E-state index contributed by atoms with van der Waals surface area (Å²) in [5, 5.41) is 8.10. The van der Waals surface area contributed by atoms with Crippen LogP contribution in [0.2, 0.25) is 0 Å². The highest BCUT2D eigenvalue weighted by Crippen LogP contribution is 2.29. The maximum Gasteiger partial charge on any atom is 0.360 e. The summed E-state index contributed by atoms with van der Waals surface area (Å²) in [5.41, 5.74) is 2.04. The number of amides is 1.